The summed E-state index contributed by atoms with van der Waals surface area (Å²) < 4.78 is 0. The van der Waals surface area contributed by atoms with Crippen molar-refractivity contribution in [1.82, 2.24) is 10.6 Å². The highest BCUT2D eigenvalue weighted by Crippen LogP contribution is 2.11. The van der Waals surface area contributed by atoms with Gasteiger partial charge in [-0.2, -0.15) is 0 Å². The van der Waals surface area contributed by atoms with Gasteiger partial charge >= 0.3 is 6.03 Å². The average Bonchev–Trinajstić information content (AvgIpc) is 2.49. The Morgan fingerprint density at radius 3 is 2.09 bits per heavy atom. The van der Waals surface area contributed by atoms with Crippen molar-refractivity contribution in [2.24, 2.45) is 0 Å². The lowest BCUT2D eigenvalue weighted by atomic mass is 10.1. The molecule has 2 rings (SSSR count). The largest absolute Gasteiger partial charge is 0.338 e. The van der Waals surface area contributed by atoms with E-state index in [4.69, 9.17) is 23.2 Å². The van der Waals surface area contributed by atoms with Crippen molar-refractivity contribution in [3.63, 3.8) is 0 Å². The molecule has 2 amide bonds. The molecule has 0 aliphatic carbocycles. The van der Waals surface area contributed by atoms with Gasteiger partial charge in [0.05, 0.1) is 0 Å². The van der Waals surface area contributed by atoms with Crippen LogP contribution in [-0.4, -0.2) is 19.1 Å². The third-order valence-corrected chi connectivity index (χ3v) is 3.69. The van der Waals surface area contributed by atoms with E-state index < -0.39 is 0 Å². The lowest BCUT2D eigenvalue weighted by Crippen LogP contribution is -2.37. The molecule has 0 bridgehead atoms. The molecule has 0 unspecified atom stereocenters. The Labute approximate surface area is 140 Å². The van der Waals surface area contributed by atoms with Crippen LogP contribution < -0.4 is 10.6 Å². The number of amides is 2. The minimum atomic E-state index is -0.156. The van der Waals surface area contributed by atoms with Crippen LogP contribution in [0.4, 0.5) is 4.79 Å². The van der Waals surface area contributed by atoms with Crippen molar-refractivity contribution in [2.45, 2.75) is 12.8 Å². The first-order chi connectivity index (χ1) is 10.6. The number of urea groups is 1. The summed E-state index contributed by atoms with van der Waals surface area (Å²) in [6.45, 7) is 1.16. The second-order valence-electron chi connectivity index (χ2n) is 4.94. The normalized spacial score (nSPS) is 10.3. The number of carbonyl (C=O) groups excluding carboxylic acids is 1. The fraction of sp³-hybridized carbons (Fsp3) is 0.235. The number of hydrogen-bond acceptors (Lipinski definition) is 1. The first kappa shape index (κ1) is 16.7. The summed E-state index contributed by atoms with van der Waals surface area (Å²) in [6, 6.07) is 15.1. The molecule has 0 radical (unpaired) electrons. The van der Waals surface area contributed by atoms with Crippen LogP contribution >= 0.6 is 23.2 Å². The van der Waals surface area contributed by atoms with Crippen LogP contribution in [0.2, 0.25) is 10.0 Å². The molecule has 0 saturated heterocycles. The quantitative estimate of drug-likeness (QED) is 0.819. The van der Waals surface area contributed by atoms with Crippen molar-refractivity contribution in [3.8, 4) is 0 Å². The van der Waals surface area contributed by atoms with E-state index in [-0.39, 0.29) is 6.03 Å². The highest BCUT2D eigenvalue weighted by molar-refractivity contribution is 6.30. The van der Waals surface area contributed by atoms with Gasteiger partial charge < -0.3 is 10.6 Å². The Morgan fingerprint density at radius 2 is 1.45 bits per heavy atom. The Balaban J connectivity index is 1.62. The van der Waals surface area contributed by atoms with Crippen LogP contribution in [0, 0.1) is 0 Å². The van der Waals surface area contributed by atoms with Crippen LogP contribution in [-0.2, 0) is 12.8 Å². The molecular weight excluding hydrogens is 319 g/mol. The van der Waals surface area contributed by atoms with Gasteiger partial charge in [-0.05, 0) is 48.2 Å². The van der Waals surface area contributed by atoms with Crippen molar-refractivity contribution in [3.05, 3.63) is 69.7 Å². The monoisotopic (exact) mass is 336 g/mol. The molecule has 0 aromatic heterocycles. The van der Waals surface area contributed by atoms with Gasteiger partial charge in [-0.15, -0.1) is 0 Å². The molecule has 5 heteroatoms. The van der Waals surface area contributed by atoms with Gasteiger partial charge in [-0.25, -0.2) is 4.79 Å². The van der Waals surface area contributed by atoms with E-state index >= 15 is 0 Å². The third kappa shape index (κ3) is 5.96. The van der Waals surface area contributed by atoms with E-state index in [2.05, 4.69) is 10.6 Å². The number of halogens is 2. The molecule has 116 valence electrons. The molecule has 0 saturated carbocycles. The van der Waals surface area contributed by atoms with Crippen LogP contribution in [0.25, 0.3) is 0 Å². The van der Waals surface area contributed by atoms with E-state index in [1.807, 2.05) is 48.5 Å². The molecule has 0 atom stereocenters. The van der Waals surface area contributed by atoms with Crippen LogP contribution in [0.5, 0.6) is 0 Å². The first-order valence-electron chi connectivity index (χ1n) is 7.14. The highest BCUT2D eigenvalue weighted by atomic mass is 35.5. The van der Waals surface area contributed by atoms with Crippen LogP contribution in [0.1, 0.15) is 11.1 Å². The molecule has 2 aromatic carbocycles. The van der Waals surface area contributed by atoms with E-state index in [0.29, 0.717) is 18.1 Å². The van der Waals surface area contributed by atoms with Gasteiger partial charge in [0.2, 0.25) is 0 Å². The summed E-state index contributed by atoms with van der Waals surface area (Å²) in [6.07, 6.45) is 1.53. The smallest absolute Gasteiger partial charge is 0.314 e. The summed E-state index contributed by atoms with van der Waals surface area (Å²) in [7, 11) is 0. The van der Waals surface area contributed by atoms with Crippen LogP contribution in [0.15, 0.2) is 48.5 Å². The highest BCUT2D eigenvalue weighted by Gasteiger charge is 2.00. The van der Waals surface area contributed by atoms with Crippen molar-refractivity contribution < 1.29 is 4.79 Å². The minimum Gasteiger partial charge on any atom is -0.338 e. The molecule has 22 heavy (non-hydrogen) atoms. The van der Waals surface area contributed by atoms with E-state index in [1.165, 1.54) is 0 Å². The van der Waals surface area contributed by atoms with Gasteiger partial charge in [0.15, 0.2) is 0 Å². The summed E-state index contributed by atoms with van der Waals surface area (Å²) in [5.74, 6) is 0. The number of carbonyl (C=O) groups is 1. The van der Waals surface area contributed by atoms with Crippen LogP contribution in [0.3, 0.4) is 0 Å². The van der Waals surface area contributed by atoms with Crippen molar-refractivity contribution >= 4 is 29.2 Å². The fourth-order valence-corrected chi connectivity index (χ4v) is 2.39. The standard InChI is InChI=1S/C17H18Cl2N2O/c18-15-6-4-13(5-7-15)8-10-20-17(22)21-11-9-14-2-1-3-16(19)12-14/h1-7,12H,8-11H2,(H2,20,21,22). The average molecular weight is 337 g/mol. The van der Waals surface area contributed by atoms with E-state index in [1.54, 1.807) is 0 Å². The molecule has 0 aliphatic rings. The van der Waals surface area contributed by atoms with Gasteiger partial charge in [-0.3, -0.25) is 0 Å². The summed E-state index contributed by atoms with van der Waals surface area (Å²) >= 11 is 11.7. The maximum Gasteiger partial charge on any atom is 0.314 e. The van der Waals surface area contributed by atoms with Crippen molar-refractivity contribution in [2.75, 3.05) is 13.1 Å². The molecular formula is C17H18Cl2N2O. The lowest BCUT2D eigenvalue weighted by molar-refractivity contribution is 0.241. The summed E-state index contributed by atoms with van der Waals surface area (Å²) in [5.41, 5.74) is 2.25. The third-order valence-electron chi connectivity index (χ3n) is 3.20. The zero-order valence-corrected chi connectivity index (χ0v) is 13.6. The van der Waals surface area contributed by atoms with E-state index in [0.717, 1.165) is 29.0 Å². The van der Waals surface area contributed by atoms with Gasteiger partial charge in [-0.1, -0.05) is 47.5 Å². The maximum atomic E-state index is 11.7. The Hall–Kier alpha value is -1.71. The maximum absolute atomic E-state index is 11.7. The Bertz CT molecular complexity index is 614. The fourth-order valence-electron chi connectivity index (χ4n) is 2.05. The Morgan fingerprint density at radius 1 is 0.818 bits per heavy atom. The van der Waals surface area contributed by atoms with Gasteiger partial charge in [0, 0.05) is 23.1 Å². The molecule has 3 nitrogen and oxygen atoms in total. The Kier molecular flexibility index (Phi) is 6.56. The number of nitrogens with one attached hydrogen (secondary N) is 2. The molecule has 2 aromatic rings. The summed E-state index contributed by atoms with van der Waals surface area (Å²) in [5, 5.41) is 7.10. The zero-order chi connectivity index (χ0) is 15.8. The predicted octanol–water partition coefficient (Wildman–Crippen LogP) is 4.08. The summed E-state index contributed by atoms with van der Waals surface area (Å²) in [4.78, 5) is 11.7. The predicted molar refractivity (Wildman–Crippen MR) is 91.7 cm³/mol. The van der Waals surface area contributed by atoms with Gasteiger partial charge in [0.1, 0.15) is 0 Å². The second-order valence-corrected chi connectivity index (χ2v) is 5.81. The van der Waals surface area contributed by atoms with Crippen molar-refractivity contribution in [1.29, 1.82) is 0 Å². The number of rotatable bonds is 6. The molecule has 2 N–H and O–H groups in total. The van der Waals surface area contributed by atoms with E-state index in [9.17, 15) is 4.79 Å². The first-order valence-corrected chi connectivity index (χ1v) is 7.89. The molecule has 0 heterocycles. The number of hydrogen-bond donors (Lipinski definition) is 2. The lowest BCUT2D eigenvalue weighted by Gasteiger charge is -2.08. The van der Waals surface area contributed by atoms with Gasteiger partial charge in [0.25, 0.3) is 0 Å². The number of benzene rings is 2. The second kappa shape index (κ2) is 8.66. The zero-order valence-electron chi connectivity index (χ0n) is 12.1. The molecule has 0 aliphatic heterocycles. The molecule has 0 spiro atoms. The molecule has 0 fully saturated rings. The SMILES string of the molecule is O=C(NCCc1ccc(Cl)cc1)NCCc1cccc(Cl)c1. The topological polar surface area (TPSA) is 41.1 Å². The minimum absolute atomic E-state index is 0.156.